The van der Waals surface area contributed by atoms with Gasteiger partial charge >= 0.3 is 6.18 Å². The topological polar surface area (TPSA) is 83.5 Å². The number of likely N-dealkylation sites (N-methyl/N-ethyl adjacent to an activating group) is 1. The molecule has 4 rings (SSSR count). The number of para-hydroxylation sites is 1. The number of anilines is 2. The van der Waals surface area contributed by atoms with Crippen LogP contribution >= 0.6 is 0 Å². The summed E-state index contributed by atoms with van der Waals surface area (Å²) >= 11 is 0. The Morgan fingerprint density at radius 3 is 2.25 bits per heavy atom. The zero-order valence-electron chi connectivity index (χ0n) is 17.5. The zero-order valence-corrected chi connectivity index (χ0v) is 18.3. The maximum absolute atomic E-state index is 13.3. The van der Waals surface area contributed by atoms with Crippen LogP contribution in [0.25, 0.3) is 0 Å². The van der Waals surface area contributed by atoms with E-state index in [4.69, 9.17) is 0 Å². The molecule has 0 spiro atoms. The first-order valence-corrected chi connectivity index (χ1v) is 11.8. The maximum Gasteiger partial charge on any atom is 0.416 e. The quantitative estimate of drug-likeness (QED) is 0.502. The lowest BCUT2D eigenvalue weighted by molar-refractivity contribution is -0.980. The molecule has 0 unspecified atom stereocenters. The van der Waals surface area contributed by atoms with Crippen molar-refractivity contribution in [1.29, 1.82) is 0 Å². The highest BCUT2D eigenvalue weighted by Gasteiger charge is 2.38. The summed E-state index contributed by atoms with van der Waals surface area (Å²) in [6, 6.07) is 8.79. The van der Waals surface area contributed by atoms with Crippen molar-refractivity contribution in [3.63, 3.8) is 0 Å². The molecular formula is C21H24F3N3O4S. The number of hydrogen-bond donors (Lipinski definition) is 0. The van der Waals surface area contributed by atoms with Gasteiger partial charge in [0, 0.05) is 13.0 Å². The predicted octanol–water partition coefficient (Wildman–Crippen LogP) is 3.65. The summed E-state index contributed by atoms with van der Waals surface area (Å²) in [4.78, 5) is 1.38. The molecule has 174 valence electrons. The van der Waals surface area contributed by atoms with E-state index in [2.05, 4.69) is 0 Å². The van der Waals surface area contributed by atoms with Crippen molar-refractivity contribution in [2.24, 2.45) is 0 Å². The van der Waals surface area contributed by atoms with Crippen LogP contribution in [0.5, 0.6) is 0 Å². The van der Waals surface area contributed by atoms with E-state index in [9.17, 15) is 32.0 Å². The molecule has 0 aromatic heterocycles. The summed E-state index contributed by atoms with van der Waals surface area (Å²) in [5.41, 5.74) is -0.690. The Bertz CT molecular complexity index is 1130. The normalized spacial score (nSPS) is 27.0. The van der Waals surface area contributed by atoms with Crippen molar-refractivity contribution in [1.82, 2.24) is 0 Å². The van der Waals surface area contributed by atoms with Gasteiger partial charge in [-0.2, -0.15) is 13.2 Å². The van der Waals surface area contributed by atoms with Crippen molar-refractivity contribution in [2.45, 2.75) is 22.4 Å². The Morgan fingerprint density at radius 2 is 1.59 bits per heavy atom. The van der Waals surface area contributed by atoms with Crippen LogP contribution in [0.15, 0.2) is 52.3 Å². The molecule has 11 heteroatoms. The zero-order chi connectivity index (χ0) is 23.4. The number of piperazine rings is 1. The van der Waals surface area contributed by atoms with E-state index in [1.807, 2.05) is 0 Å². The Kier molecular flexibility index (Phi) is 5.53. The van der Waals surface area contributed by atoms with Crippen LogP contribution in [0.3, 0.4) is 0 Å². The Labute approximate surface area is 184 Å². The van der Waals surface area contributed by atoms with Gasteiger partial charge < -0.3 is 24.6 Å². The average Bonchev–Trinajstić information content (AvgIpc) is 2.72. The van der Waals surface area contributed by atoms with E-state index >= 15 is 0 Å². The number of rotatable bonds is 4. The fourth-order valence-electron chi connectivity index (χ4n) is 4.28. The number of halogens is 3. The fourth-order valence-corrected chi connectivity index (χ4v) is 5.92. The van der Waals surface area contributed by atoms with E-state index in [1.54, 1.807) is 23.1 Å². The molecule has 1 saturated heterocycles. The first-order chi connectivity index (χ1) is 14.8. The molecule has 32 heavy (non-hydrogen) atoms. The average molecular weight is 472 g/mol. The van der Waals surface area contributed by atoms with Gasteiger partial charge in [0.25, 0.3) is 0 Å². The molecule has 2 aliphatic rings. The molecule has 2 aromatic rings. The summed E-state index contributed by atoms with van der Waals surface area (Å²) in [6.45, 7) is 1.16. The lowest BCUT2D eigenvalue weighted by Gasteiger charge is -2.52. The molecule has 0 amide bonds. The lowest BCUT2D eigenvalue weighted by Crippen LogP contribution is -2.61. The van der Waals surface area contributed by atoms with E-state index in [-0.39, 0.29) is 54.7 Å². The smallest absolute Gasteiger partial charge is 0.416 e. The number of hydrogen-bond acceptors (Lipinski definition) is 5. The van der Waals surface area contributed by atoms with Crippen molar-refractivity contribution in [3.05, 3.63) is 58.4 Å². The SMILES string of the molecule is C[N+]1([O-])CC[N+]([O-])(CCCN2c3ccccc3S(=O)(=O)c3ccc(C(F)(F)F)cc32)CC1. The third-order valence-electron chi connectivity index (χ3n) is 6.22. The highest BCUT2D eigenvalue weighted by atomic mass is 32.2. The summed E-state index contributed by atoms with van der Waals surface area (Å²) < 4.78 is 65.1. The van der Waals surface area contributed by atoms with Gasteiger partial charge in [-0.15, -0.1) is 0 Å². The number of quaternary nitrogens is 2. The molecule has 2 aliphatic heterocycles. The van der Waals surface area contributed by atoms with Crippen LogP contribution in [0.2, 0.25) is 0 Å². The molecular weight excluding hydrogens is 447 g/mol. The van der Waals surface area contributed by atoms with E-state index in [1.165, 1.54) is 13.1 Å². The summed E-state index contributed by atoms with van der Waals surface area (Å²) in [5, 5.41) is 25.0. The van der Waals surface area contributed by atoms with Gasteiger partial charge in [0.05, 0.1) is 40.3 Å². The predicted molar refractivity (Wildman–Crippen MR) is 112 cm³/mol. The summed E-state index contributed by atoms with van der Waals surface area (Å²) in [5.74, 6) is 0. The summed E-state index contributed by atoms with van der Waals surface area (Å²) in [6.07, 6.45) is -4.29. The van der Waals surface area contributed by atoms with Gasteiger partial charge in [-0.25, -0.2) is 8.42 Å². The second-order valence-electron chi connectivity index (χ2n) is 8.63. The molecule has 0 atom stereocenters. The van der Waals surface area contributed by atoms with E-state index in [0.717, 1.165) is 18.2 Å². The highest BCUT2D eigenvalue weighted by molar-refractivity contribution is 7.92. The number of hydroxylamine groups is 6. The lowest BCUT2D eigenvalue weighted by atomic mass is 10.1. The van der Waals surface area contributed by atoms with Crippen LogP contribution in [0, 0.1) is 10.4 Å². The molecule has 0 N–H and O–H groups in total. The van der Waals surface area contributed by atoms with Gasteiger partial charge in [0.2, 0.25) is 9.84 Å². The summed E-state index contributed by atoms with van der Waals surface area (Å²) in [7, 11) is -2.45. The van der Waals surface area contributed by atoms with E-state index < -0.39 is 30.9 Å². The van der Waals surface area contributed by atoms with Crippen LogP contribution in [-0.2, 0) is 16.0 Å². The standard InChI is InChI=1S/C21H24F3N3O4S/c1-26(28)11-13-27(29,14-12-26)10-4-9-25-17-5-2-3-6-19(17)32(30,31)20-8-7-16(15-18(20)25)21(22,23)24/h2-3,5-8,15H,4,9-14H2,1H3. The van der Waals surface area contributed by atoms with Crippen molar-refractivity contribution in [2.75, 3.05) is 51.2 Å². The van der Waals surface area contributed by atoms with E-state index in [0.29, 0.717) is 12.1 Å². The van der Waals surface area contributed by atoms with Crippen LogP contribution in [0.4, 0.5) is 24.5 Å². The largest absolute Gasteiger partial charge is 0.633 e. The number of alkyl halides is 3. The first kappa shape index (κ1) is 23.0. The van der Waals surface area contributed by atoms with Gasteiger partial charge in [-0.1, -0.05) is 12.1 Å². The molecule has 0 saturated carbocycles. The molecule has 2 heterocycles. The van der Waals surface area contributed by atoms with Crippen molar-refractivity contribution < 1.29 is 30.9 Å². The van der Waals surface area contributed by atoms with Crippen molar-refractivity contribution in [3.8, 4) is 0 Å². The molecule has 0 aliphatic carbocycles. The van der Waals surface area contributed by atoms with Crippen LogP contribution in [0.1, 0.15) is 12.0 Å². The molecule has 0 bridgehead atoms. The Balaban J connectivity index is 1.65. The maximum atomic E-state index is 13.3. The monoisotopic (exact) mass is 471 g/mol. The number of fused-ring (bicyclic) bond motifs is 2. The second-order valence-corrected chi connectivity index (χ2v) is 10.5. The molecule has 2 aromatic carbocycles. The molecule has 1 fully saturated rings. The van der Waals surface area contributed by atoms with Crippen LogP contribution in [-0.4, -0.2) is 64.0 Å². The van der Waals surface area contributed by atoms with Gasteiger partial charge in [0.15, 0.2) is 0 Å². The third kappa shape index (κ3) is 4.23. The third-order valence-corrected chi connectivity index (χ3v) is 8.07. The first-order valence-electron chi connectivity index (χ1n) is 10.3. The number of benzene rings is 2. The van der Waals surface area contributed by atoms with Gasteiger partial charge in [0.1, 0.15) is 26.2 Å². The second kappa shape index (κ2) is 7.70. The minimum atomic E-state index is -4.62. The Hall–Kier alpha value is -2.18. The van der Waals surface area contributed by atoms with Crippen molar-refractivity contribution >= 4 is 21.2 Å². The van der Waals surface area contributed by atoms with Gasteiger partial charge in [-0.3, -0.25) is 0 Å². The minimum absolute atomic E-state index is 0.0238. The highest BCUT2D eigenvalue weighted by Crippen LogP contribution is 2.46. The van der Waals surface area contributed by atoms with Gasteiger partial charge in [-0.05, 0) is 30.3 Å². The molecule has 7 nitrogen and oxygen atoms in total. The minimum Gasteiger partial charge on any atom is -0.633 e. The fraction of sp³-hybridized carbons (Fsp3) is 0.429. The number of nitrogens with zero attached hydrogens (tertiary/aromatic N) is 3. The number of sulfone groups is 1. The Morgan fingerprint density at radius 1 is 0.969 bits per heavy atom. The van der Waals surface area contributed by atoms with Crippen LogP contribution < -0.4 is 4.90 Å². The molecule has 0 radical (unpaired) electrons.